The standard InChI is InChI=1S/C20H38O7S.Na.H/c1-5-7-9-11-13-16(3)26-19(21)15-18(28(23,24)25)20(22)27-17(4)14-12-10-8-6-2;;/h16-18H,5-15H2,1-4H3,(H,23,24,25);;/q;+1;-1. The van der Waals surface area contributed by atoms with Crippen molar-refractivity contribution in [1.82, 2.24) is 0 Å². The average molecular weight is 447 g/mol. The molecule has 0 spiro atoms. The quantitative estimate of drug-likeness (QED) is 0.166. The van der Waals surface area contributed by atoms with Crippen molar-refractivity contribution in [2.75, 3.05) is 0 Å². The summed E-state index contributed by atoms with van der Waals surface area (Å²) in [6.07, 6.45) is 7.83. The normalized spacial score (nSPS) is 14.4. The number of hydrogen-bond acceptors (Lipinski definition) is 6. The van der Waals surface area contributed by atoms with E-state index in [1.807, 2.05) is 0 Å². The molecule has 0 aliphatic rings. The Morgan fingerprint density at radius 2 is 1.31 bits per heavy atom. The van der Waals surface area contributed by atoms with Crippen molar-refractivity contribution in [3.05, 3.63) is 0 Å². The Morgan fingerprint density at radius 3 is 1.72 bits per heavy atom. The molecule has 3 unspecified atom stereocenters. The molecule has 0 rings (SSSR count). The number of ether oxygens (including phenoxy) is 2. The molecule has 0 aromatic rings. The zero-order valence-corrected chi connectivity index (χ0v) is 21.6. The van der Waals surface area contributed by atoms with Gasteiger partial charge in [-0.15, -0.1) is 0 Å². The molecule has 0 amide bonds. The second kappa shape index (κ2) is 17.5. The van der Waals surface area contributed by atoms with Gasteiger partial charge in [-0.3, -0.25) is 14.1 Å². The van der Waals surface area contributed by atoms with Crippen LogP contribution in [-0.2, 0) is 29.2 Å². The molecule has 29 heavy (non-hydrogen) atoms. The monoisotopic (exact) mass is 446 g/mol. The summed E-state index contributed by atoms with van der Waals surface area (Å²) < 4.78 is 42.8. The maximum Gasteiger partial charge on any atom is 1.00 e. The fraction of sp³-hybridized carbons (Fsp3) is 0.900. The largest absolute Gasteiger partial charge is 1.00 e. The summed E-state index contributed by atoms with van der Waals surface area (Å²) in [5.74, 6) is -1.95. The number of esters is 2. The van der Waals surface area contributed by atoms with Crippen LogP contribution in [-0.4, -0.2) is 42.4 Å². The Bertz CT molecular complexity index is 557. The van der Waals surface area contributed by atoms with Crippen molar-refractivity contribution in [3.8, 4) is 0 Å². The Balaban J connectivity index is -0.00000364. The smallest absolute Gasteiger partial charge is 1.00 e. The van der Waals surface area contributed by atoms with Crippen LogP contribution < -0.4 is 29.6 Å². The van der Waals surface area contributed by atoms with Gasteiger partial charge in [0.25, 0.3) is 10.1 Å². The molecule has 0 saturated carbocycles. The summed E-state index contributed by atoms with van der Waals surface area (Å²) in [5.41, 5.74) is 0. The Hall–Kier alpha value is -0.150. The van der Waals surface area contributed by atoms with Gasteiger partial charge in [0.05, 0.1) is 18.6 Å². The predicted molar refractivity (Wildman–Crippen MR) is 110 cm³/mol. The van der Waals surface area contributed by atoms with Crippen molar-refractivity contribution in [1.29, 1.82) is 0 Å². The van der Waals surface area contributed by atoms with Crippen LogP contribution in [0.2, 0.25) is 0 Å². The van der Waals surface area contributed by atoms with E-state index in [0.29, 0.717) is 12.8 Å². The summed E-state index contributed by atoms with van der Waals surface area (Å²) >= 11 is 0. The van der Waals surface area contributed by atoms with Gasteiger partial charge in [-0.25, -0.2) is 0 Å². The van der Waals surface area contributed by atoms with E-state index in [0.717, 1.165) is 51.4 Å². The molecule has 1 N–H and O–H groups in total. The van der Waals surface area contributed by atoms with Gasteiger partial charge in [-0.05, 0) is 39.5 Å². The summed E-state index contributed by atoms with van der Waals surface area (Å²) in [6.45, 7) is 7.58. The summed E-state index contributed by atoms with van der Waals surface area (Å²) in [4.78, 5) is 24.2. The molecule has 0 aromatic heterocycles. The van der Waals surface area contributed by atoms with Crippen molar-refractivity contribution in [2.45, 2.75) is 116 Å². The van der Waals surface area contributed by atoms with Crippen LogP contribution in [0.3, 0.4) is 0 Å². The van der Waals surface area contributed by atoms with E-state index in [4.69, 9.17) is 9.47 Å². The van der Waals surface area contributed by atoms with Crippen molar-refractivity contribution in [3.63, 3.8) is 0 Å². The summed E-state index contributed by atoms with van der Waals surface area (Å²) in [5, 5.41) is -1.95. The van der Waals surface area contributed by atoms with E-state index in [9.17, 15) is 22.6 Å². The second-order valence-electron chi connectivity index (χ2n) is 7.45. The van der Waals surface area contributed by atoms with E-state index in [-0.39, 0.29) is 37.1 Å². The third kappa shape index (κ3) is 16.2. The third-order valence-corrected chi connectivity index (χ3v) is 5.63. The molecule has 0 radical (unpaired) electrons. The van der Waals surface area contributed by atoms with E-state index in [2.05, 4.69) is 13.8 Å². The molecular formula is C20H39NaO7S. The molecule has 9 heteroatoms. The third-order valence-electron chi connectivity index (χ3n) is 4.55. The van der Waals surface area contributed by atoms with Gasteiger partial charge in [-0.2, -0.15) is 8.42 Å². The number of carbonyl (C=O) groups is 2. The molecule has 0 aliphatic heterocycles. The van der Waals surface area contributed by atoms with E-state index >= 15 is 0 Å². The zero-order chi connectivity index (χ0) is 21.6. The van der Waals surface area contributed by atoms with Crippen molar-refractivity contribution >= 4 is 22.1 Å². The first-order valence-corrected chi connectivity index (χ1v) is 12.0. The molecule has 0 bridgehead atoms. The van der Waals surface area contributed by atoms with Crippen LogP contribution in [0.4, 0.5) is 0 Å². The average Bonchev–Trinajstić information content (AvgIpc) is 2.59. The van der Waals surface area contributed by atoms with Crippen LogP contribution in [0.15, 0.2) is 0 Å². The molecule has 168 valence electrons. The van der Waals surface area contributed by atoms with Gasteiger partial charge in [0.2, 0.25) is 0 Å². The molecule has 7 nitrogen and oxygen atoms in total. The van der Waals surface area contributed by atoms with Gasteiger partial charge in [0.15, 0.2) is 5.25 Å². The van der Waals surface area contributed by atoms with Gasteiger partial charge < -0.3 is 10.9 Å². The fourth-order valence-electron chi connectivity index (χ4n) is 2.84. The Labute approximate surface area is 200 Å². The molecule has 3 atom stereocenters. The minimum Gasteiger partial charge on any atom is -1.00 e. The van der Waals surface area contributed by atoms with E-state index in [1.54, 1.807) is 13.8 Å². The first kappa shape index (κ1) is 31.0. The molecule has 0 fully saturated rings. The van der Waals surface area contributed by atoms with E-state index in [1.165, 1.54) is 0 Å². The topological polar surface area (TPSA) is 107 Å². The van der Waals surface area contributed by atoms with Gasteiger partial charge in [0.1, 0.15) is 0 Å². The molecular weight excluding hydrogens is 407 g/mol. The van der Waals surface area contributed by atoms with Gasteiger partial charge in [-0.1, -0.05) is 52.4 Å². The Kier molecular flexibility index (Phi) is 18.8. The first-order valence-electron chi connectivity index (χ1n) is 10.5. The van der Waals surface area contributed by atoms with Crippen LogP contribution in [0.5, 0.6) is 0 Å². The van der Waals surface area contributed by atoms with Gasteiger partial charge in [0, 0.05) is 0 Å². The zero-order valence-electron chi connectivity index (χ0n) is 19.8. The molecule has 0 saturated heterocycles. The van der Waals surface area contributed by atoms with Crippen LogP contribution in [0, 0.1) is 0 Å². The maximum absolute atomic E-state index is 12.2. The number of carbonyl (C=O) groups excluding carboxylic acids is 2. The van der Waals surface area contributed by atoms with Crippen LogP contribution in [0.1, 0.15) is 99.8 Å². The Morgan fingerprint density at radius 1 is 0.862 bits per heavy atom. The molecule has 0 aliphatic carbocycles. The first-order chi connectivity index (χ1) is 13.1. The SMILES string of the molecule is CCCCCCC(C)OC(=O)CC(C(=O)OC(C)CCCCCC)S(=O)(=O)O.[H-].[Na+]. The van der Waals surface area contributed by atoms with Crippen molar-refractivity contribution < 1.29 is 63.0 Å². The van der Waals surface area contributed by atoms with Gasteiger partial charge >= 0.3 is 41.5 Å². The maximum atomic E-state index is 12.2. The summed E-state index contributed by atoms with van der Waals surface area (Å²) in [7, 11) is -4.77. The fourth-order valence-corrected chi connectivity index (χ4v) is 3.49. The minimum absolute atomic E-state index is 0. The molecule has 0 aromatic carbocycles. The number of unbranched alkanes of at least 4 members (excludes halogenated alkanes) is 6. The number of rotatable bonds is 16. The predicted octanol–water partition coefficient (Wildman–Crippen LogP) is 1.55. The second-order valence-corrected chi connectivity index (χ2v) is 9.05. The minimum atomic E-state index is -4.77. The van der Waals surface area contributed by atoms with E-state index < -0.39 is 39.8 Å². The van der Waals surface area contributed by atoms with Crippen LogP contribution >= 0.6 is 0 Å². The summed E-state index contributed by atoms with van der Waals surface area (Å²) in [6, 6.07) is 0. The van der Waals surface area contributed by atoms with Crippen LogP contribution in [0.25, 0.3) is 0 Å². The number of hydrogen-bond donors (Lipinski definition) is 1. The molecule has 0 heterocycles. The van der Waals surface area contributed by atoms with Crippen molar-refractivity contribution in [2.24, 2.45) is 0 Å².